The lowest BCUT2D eigenvalue weighted by atomic mass is 9.86. The smallest absolute Gasteiger partial charge is 0.338 e. The molecule has 32 heavy (non-hydrogen) atoms. The normalized spacial score (nSPS) is 29.1. The van der Waals surface area contributed by atoms with Gasteiger partial charge >= 0.3 is 5.97 Å². The highest BCUT2D eigenvalue weighted by Crippen LogP contribution is 2.43. The molecule has 2 heterocycles. The number of rotatable bonds is 9. The van der Waals surface area contributed by atoms with Gasteiger partial charge in [0.15, 0.2) is 17.5 Å². The van der Waals surface area contributed by atoms with Crippen molar-refractivity contribution >= 4 is 5.97 Å². The number of hydrogen-bond donors (Lipinski definition) is 0. The fourth-order valence-corrected chi connectivity index (χ4v) is 4.28. The third-order valence-corrected chi connectivity index (χ3v) is 5.84. The van der Waals surface area contributed by atoms with Gasteiger partial charge in [-0.25, -0.2) is 4.79 Å². The first-order valence-corrected chi connectivity index (χ1v) is 10.9. The summed E-state index contributed by atoms with van der Waals surface area (Å²) in [7, 11) is 0. The summed E-state index contributed by atoms with van der Waals surface area (Å²) < 4.78 is 30.4. The molecule has 0 spiro atoms. The van der Waals surface area contributed by atoms with E-state index in [-0.39, 0.29) is 13.2 Å². The maximum absolute atomic E-state index is 13.1. The lowest BCUT2D eigenvalue weighted by Crippen LogP contribution is -2.55. The zero-order valence-corrected chi connectivity index (χ0v) is 18.6. The first kappa shape index (κ1) is 22.7. The zero-order chi connectivity index (χ0) is 22.6. The number of ether oxygens (including phenoxy) is 5. The Hall–Kier alpha value is -2.51. The van der Waals surface area contributed by atoms with E-state index in [0.29, 0.717) is 13.0 Å². The van der Waals surface area contributed by atoms with Gasteiger partial charge in [-0.1, -0.05) is 66.7 Å². The van der Waals surface area contributed by atoms with Crippen molar-refractivity contribution < 1.29 is 28.5 Å². The maximum atomic E-state index is 13.1. The summed E-state index contributed by atoms with van der Waals surface area (Å²) in [6.45, 7) is 8.43. The Morgan fingerprint density at radius 3 is 2.12 bits per heavy atom. The summed E-state index contributed by atoms with van der Waals surface area (Å²) in [5.41, 5.74) is 0.859. The van der Waals surface area contributed by atoms with Crippen LogP contribution in [0.15, 0.2) is 73.3 Å². The lowest BCUT2D eigenvalue weighted by molar-refractivity contribution is -0.200. The Balaban J connectivity index is 1.61. The van der Waals surface area contributed by atoms with Gasteiger partial charge in [0.1, 0.15) is 12.2 Å². The fourth-order valence-electron chi connectivity index (χ4n) is 4.28. The van der Waals surface area contributed by atoms with Crippen molar-refractivity contribution in [3.63, 3.8) is 0 Å². The Morgan fingerprint density at radius 1 is 1.00 bits per heavy atom. The van der Waals surface area contributed by atoms with Crippen LogP contribution < -0.4 is 0 Å². The summed E-state index contributed by atoms with van der Waals surface area (Å²) >= 11 is 0. The van der Waals surface area contributed by atoms with E-state index in [1.165, 1.54) is 0 Å². The van der Waals surface area contributed by atoms with Gasteiger partial charge in [-0.2, -0.15) is 0 Å². The summed E-state index contributed by atoms with van der Waals surface area (Å²) in [6, 6.07) is 19.5. The van der Waals surface area contributed by atoms with E-state index in [9.17, 15) is 4.79 Å². The van der Waals surface area contributed by atoms with Crippen LogP contribution in [0.25, 0.3) is 0 Å². The van der Waals surface area contributed by atoms with Gasteiger partial charge in [-0.15, -0.1) is 6.58 Å². The largest absolute Gasteiger partial charge is 0.451 e. The molecule has 0 amide bonds. The van der Waals surface area contributed by atoms with Crippen LogP contribution in [0, 0.1) is 0 Å². The second kappa shape index (κ2) is 9.55. The van der Waals surface area contributed by atoms with Gasteiger partial charge in [0.25, 0.3) is 0 Å². The molecule has 2 aliphatic heterocycles. The topological polar surface area (TPSA) is 63.2 Å². The van der Waals surface area contributed by atoms with Crippen LogP contribution in [0.2, 0.25) is 0 Å². The molecular formula is C26H30O6. The first-order valence-electron chi connectivity index (χ1n) is 10.9. The molecule has 2 aliphatic rings. The van der Waals surface area contributed by atoms with Crippen molar-refractivity contribution in [1.29, 1.82) is 0 Å². The van der Waals surface area contributed by atoms with Crippen LogP contribution >= 0.6 is 0 Å². The van der Waals surface area contributed by atoms with Gasteiger partial charge in [0, 0.05) is 6.42 Å². The molecule has 0 aliphatic carbocycles. The molecule has 0 aromatic heterocycles. The van der Waals surface area contributed by atoms with Gasteiger partial charge in [0.05, 0.1) is 19.8 Å². The summed E-state index contributed by atoms with van der Waals surface area (Å²) in [6.07, 6.45) is -0.0235. The minimum absolute atomic E-state index is 0.267. The average Bonchev–Trinajstić information content (AvgIpc) is 3.29. The number of benzene rings is 2. The Morgan fingerprint density at radius 2 is 1.59 bits per heavy atom. The highest BCUT2D eigenvalue weighted by atomic mass is 16.8. The van der Waals surface area contributed by atoms with Gasteiger partial charge in [0.2, 0.25) is 0 Å². The van der Waals surface area contributed by atoms with Crippen molar-refractivity contribution in [3.05, 3.63) is 84.4 Å². The average molecular weight is 439 g/mol. The number of esters is 1. The fraction of sp³-hybridized carbons (Fsp3) is 0.423. The van der Waals surface area contributed by atoms with E-state index >= 15 is 0 Å². The molecular weight excluding hydrogens is 408 g/mol. The van der Waals surface area contributed by atoms with E-state index in [0.717, 1.165) is 11.1 Å². The molecule has 0 saturated carbocycles. The van der Waals surface area contributed by atoms with E-state index in [1.54, 1.807) is 6.08 Å². The van der Waals surface area contributed by atoms with Gasteiger partial charge < -0.3 is 23.7 Å². The molecule has 6 nitrogen and oxygen atoms in total. The van der Waals surface area contributed by atoms with Crippen LogP contribution in [0.1, 0.15) is 31.4 Å². The highest BCUT2D eigenvalue weighted by Gasteiger charge is 2.63. The van der Waals surface area contributed by atoms with E-state index in [4.69, 9.17) is 23.7 Å². The minimum atomic E-state index is -1.09. The number of cyclic esters (lactones) is 1. The standard InChI is InChI=1S/C26H30O6/c1-4-15-26(21-18-30-25(2,3)31-21)23(29-17-20-13-9-6-10-14-20)22(24(27)32-26)28-16-19-11-7-5-8-12-19/h4-14,21-23H,1,15-18H2,2-3H3/t21-,22-,23-,26+/m1/s1. The van der Waals surface area contributed by atoms with Crippen molar-refractivity contribution in [2.75, 3.05) is 6.61 Å². The van der Waals surface area contributed by atoms with Crippen LogP contribution in [0.3, 0.4) is 0 Å². The predicted octanol–water partition coefficient (Wildman–Crippen LogP) is 4.18. The van der Waals surface area contributed by atoms with Crippen LogP contribution in [-0.4, -0.2) is 42.3 Å². The molecule has 2 saturated heterocycles. The minimum Gasteiger partial charge on any atom is -0.451 e. The second-order valence-electron chi connectivity index (χ2n) is 8.62. The maximum Gasteiger partial charge on any atom is 0.338 e. The number of hydrogen-bond acceptors (Lipinski definition) is 6. The van der Waals surface area contributed by atoms with Crippen molar-refractivity contribution in [2.24, 2.45) is 0 Å². The second-order valence-corrected chi connectivity index (χ2v) is 8.62. The Bertz CT molecular complexity index is 912. The third kappa shape index (κ3) is 4.79. The highest BCUT2D eigenvalue weighted by molar-refractivity contribution is 5.79. The van der Waals surface area contributed by atoms with Gasteiger partial charge in [-0.3, -0.25) is 0 Å². The molecule has 170 valence electrons. The molecule has 0 radical (unpaired) electrons. The van der Waals surface area contributed by atoms with E-state index in [2.05, 4.69) is 6.58 Å². The summed E-state index contributed by atoms with van der Waals surface area (Å²) in [5, 5.41) is 0. The first-order chi connectivity index (χ1) is 15.4. The molecule has 2 fully saturated rings. The number of carbonyl (C=O) groups excluding carboxylic acids is 1. The predicted molar refractivity (Wildman–Crippen MR) is 119 cm³/mol. The molecule has 6 heteroatoms. The zero-order valence-electron chi connectivity index (χ0n) is 18.6. The third-order valence-electron chi connectivity index (χ3n) is 5.84. The monoisotopic (exact) mass is 438 g/mol. The van der Waals surface area contributed by atoms with Crippen LogP contribution in [-0.2, 0) is 41.7 Å². The molecule has 2 aromatic carbocycles. The molecule has 2 aromatic rings. The summed E-state index contributed by atoms with van der Waals surface area (Å²) in [5.74, 6) is -1.24. The van der Waals surface area contributed by atoms with Crippen molar-refractivity contribution in [3.8, 4) is 0 Å². The van der Waals surface area contributed by atoms with Crippen molar-refractivity contribution in [2.45, 2.75) is 63.2 Å². The number of carbonyl (C=O) groups is 1. The molecule has 0 N–H and O–H groups in total. The quantitative estimate of drug-likeness (QED) is 0.432. The SMILES string of the molecule is C=CC[C@@]1([C@H]2COC(C)(C)O2)OC(=O)[C@H](OCc2ccccc2)[C@H]1OCc1ccccc1. The molecule has 0 bridgehead atoms. The Labute approximate surface area is 189 Å². The van der Waals surface area contributed by atoms with Gasteiger partial charge in [-0.05, 0) is 25.0 Å². The van der Waals surface area contributed by atoms with E-state index in [1.807, 2.05) is 74.5 Å². The summed E-state index contributed by atoms with van der Waals surface area (Å²) in [4.78, 5) is 13.1. The lowest BCUT2D eigenvalue weighted by Gasteiger charge is -2.37. The van der Waals surface area contributed by atoms with Crippen LogP contribution in [0.5, 0.6) is 0 Å². The van der Waals surface area contributed by atoms with E-state index < -0.39 is 35.7 Å². The molecule has 4 atom stereocenters. The Kier molecular flexibility index (Phi) is 6.76. The molecule has 4 rings (SSSR count). The molecule has 0 unspecified atom stereocenters. The van der Waals surface area contributed by atoms with Crippen molar-refractivity contribution in [1.82, 2.24) is 0 Å². The van der Waals surface area contributed by atoms with Crippen LogP contribution in [0.4, 0.5) is 0 Å².